The van der Waals surface area contributed by atoms with Crippen molar-refractivity contribution in [3.63, 3.8) is 0 Å². The number of primary amides is 2. The fourth-order valence-corrected chi connectivity index (χ4v) is 0.608. The van der Waals surface area contributed by atoms with Gasteiger partial charge >= 0.3 is 11.9 Å². The summed E-state index contributed by atoms with van der Waals surface area (Å²) in [6.45, 7) is 0. The van der Waals surface area contributed by atoms with Gasteiger partial charge in [0, 0.05) is 0 Å². The van der Waals surface area contributed by atoms with Crippen LogP contribution in [0.4, 0.5) is 0 Å². The van der Waals surface area contributed by atoms with Crippen molar-refractivity contribution in [3.8, 4) is 0 Å². The first-order chi connectivity index (χ1) is 8.07. The summed E-state index contributed by atoms with van der Waals surface area (Å²) < 4.78 is 0. The third-order valence-corrected chi connectivity index (χ3v) is 1.48. The summed E-state index contributed by atoms with van der Waals surface area (Å²) in [6, 6.07) is -2.33. The maximum atomic E-state index is 9.99. The summed E-state index contributed by atoms with van der Waals surface area (Å²) in [7, 11) is 0. The Balaban J connectivity index is 0. The van der Waals surface area contributed by atoms with Crippen molar-refractivity contribution in [1.29, 1.82) is 0 Å². The fourth-order valence-electron chi connectivity index (χ4n) is 0.608. The van der Waals surface area contributed by atoms with Crippen molar-refractivity contribution in [2.45, 2.75) is 24.9 Å². The highest BCUT2D eigenvalue weighted by Gasteiger charge is 2.13. The maximum Gasteiger partial charge on any atom is 0.321 e. The standard InChI is InChI=1S/2C4H8N2O3/c2*5-2(4(8)9)1-3(6)7/h2*2H,1,5H2,(H2,6,7)(H,8,9)/t2-;/m1./s1. The molecule has 0 aliphatic carbocycles. The van der Waals surface area contributed by atoms with Crippen LogP contribution >= 0.6 is 0 Å². The van der Waals surface area contributed by atoms with E-state index in [-0.39, 0.29) is 12.8 Å². The number of hydrogen-bond donors (Lipinski definition) is 6. The zero-order valence-electron chi connectivity index (χ0n) is 9.41. The van der Waals surface area contributed by atoms with Gasteiger partial charge in [-0.15, -0.1) is 0 Å². The molecule has 0 saturated heterocycles. The van der Waals surface area contributed by atoms with E-state index in [2.05, 4.69) is 11.5 Å². The van der Waals surface area contributed by atoms with E-state index in [1.807, 2.05) is 0 Å². The first-order valence-electron chi connectivity index (χ1n) is 4.61. The van der Waals surface area contributed by atoms with Crippen LogP contribution in [0, 0.1) is 0 Å². The van der Waals surface area contributed by atoms with Crippen LogP contribution in [0.5, 0.6) is 0 Å². The van der Waals surface area contributed by atoms with E-state index >= 15 is 0 Å². The molecule has 0 bridgehead atoms. The van der Waals surface area contributed by atoms with Gasteiger partial charge in [-0.3, -0.25) is 19.2 Å². The van der Waals surface area contributed by atoms with E-state index in [9.17, 15) is 19.2 Å². The van der Waals surface area contributed by atoms with E-state index in [1.165, 1.54) is 0 Å². The number of carbonyl (C=O) groups excluding carboxylic acids is 2. The fraction of sp³-hybridized carbons (Fsp3) is 0.500. The van der Waals surface area contributed by atoms with E-state index in [1.54, 1.807) is 0 Å². The molecule has 2 atom stereocenters. The molecule has 10 nitrogen and oxygen atoms in total. The Morgan fingerprint density at radius 3 is 1.06 bits per heavy atom. The molecule has 0 aromatic rings. The molecule has 0 radical (unpaired) electrons. The third kappa shape index (κ3) is 11.9. The molecule has 1 unspecified atom stereocenters. The number of aliphatic carboxylic acids is 2. The molecule has 0 rings (SSSR count). The van der Waals surface area contributed by atoms with Gasteiger partial charge in [0.05, 0.1) is 12.8 Å². The lowest BCUT2D eigenvalue weighted by Crippen LogP contribution is -2.34. The largest absolute Gasteiger partial charge is 0.480 e. The maximum absolute atomic E-state index is 9.99. The lowest BCUT2D eigenvalue weighted by molar-refractivity contribution is -0.140. The molecule has 18 heavy (non-hydrogen) atoms. The van der Waals surface area contributed by atoms with Crippen LogP contribution in [0.15, 0.2) is 0 Å². The van der Waals surface area contributed by atoms with Gasteiger partial charge in [-0.25, -0.2) is 0 Å². The van der Waals surface area contributed by atoms with Crippen LogP contribution in [0.3, 0.4) is 0 Å². The van der Waals surface area contributed by atoms with Crippen molar-refractivity contribution in [1.82, 2.24) is 0 Å². The Morgan fingerprint density at radius 2 is 1.00 bits per heavy atom. The molecule has 0 aliphatic rings. The molecule has 10 N–H and O–H groups in total. The molecule has 104 valence electrons. The molecular formula is C8H16N4O6. The summed E-state index contributed by atoms with van der Waals surface area (Å²) in [5.74, 6) is -3.84. The third-order valence-electron chi connectivity index (χ3n) is 1.48. The zero-order valence-corrected chi connectivity index (χ0v) is 9.41. The van der Waals surface area contributed by atoms with Gasteiger partial charge in [-0.05, 0) is 0 Å². The van der Waals surface area contributed by atoms with Crippen LogP contribution in [0.1, 0.15) is 12.8 Å². The molecule has 0 aromatic carbocycles. The molecule has 0 aliphatic heterocycles. The van der Waals surface area contributed by atoms with E-state index in [0.29, 0.717) is 0 Å². The minimum atomic E-state index is -1.21. The highest BCUT2D eigenvalue weighted by molar-refractivity contribution is 5.83. The summed E-state index contributed by atoms with van der Waals surface area (Å²) in [4.78, 5) is 39.8. The molecule has 0 heterocycles. The first kappa shape index (κ1) is 18.2. The average molecular weight is 264 g/mol. The number of carbonyl (C=O) groups is 4. The van der Waals surface area contributed by atoms with Crippen LogP contribution in [0.25, 0.3) is 0 Å². The second-order valence-corrected chi connectivity index (χ2v) is 3.23. The van der Waals surface area contributed by atoms with Crippen molar-refractivity contribution in [2.75, 3.05) is 0 Å². The topological polar surface area (TPSA) is 213 Å². The van der Waals surface area contributed by atoms with Gasteiger partial charge in [0.2, 0.25) is 11.8 Å². The molecular weight excluding hydrogens is 248 g/mol. The van der Waals surface area contributed by atoms with Crippen molar-refractivity contribution in [2.24, 2.45) is 22.9 Å². The van der Waals surface area contributed by atoms with E-state index in [4.69, 9.17) is 21.7 Å². The van der Waals surface area contributed by atoms with Crippen LogP contribution in [-0.4, -0.2) is 46.0 Å². The molecule has 0 spiro atoms. The summed E-state index contributed by atoms with van der Waals surface area (Å²) in [5.41, 5.74) is 19.1. The van der Waals surface area contributed by atoms with Crippen molar-refractivity contribution >= 4 is 23.8 Å². The Kier molecular flexibility index (Phi) is 8.98. The Morgan fingerprint density at radius 1 is 0.778 bits per heavy atom. The number of hydrogen-bond acceptors (Lipinski definition) is 6. The second-order valence-electron chi connectivity index (χ2n) is 3.23. The van der Waals surface area contributed by atoms with Gasteiger partial charge in [0.1, 0.15) is 12.1 Å². The highest BCUT2D eigenvalue weighted by atomic mass is 16.4. The lowest BCUT2D eigenvalue weighted by Gasteiger charge is -1.99. The predicted molar refractivity (Wildman–Crippen MR) is 58.8 cm³/mol. The first-order valence-corrected chi connectivity index (χ1v) is 4.61. The molecule has 0 fully saturated rings. The number of carboxylic acids is 2. The quantitative estimate of drug-likeness (QED) is 0.283. The van der Waals surface area contributed by atoms with Gasteiger partial charge in [0.25, 0.3) is 0 Å². The van der Waals surface area contributed by atoms with Gasteiger partial charge < -0.3 is 33.1 Å². The molecule has 0 saturated carbocycles. The minimum Gasteiger partial charge on any atom is -0.480 e. The number of amides is 2. The normalized spacial score (nSPS) is 12.6. The number of rotatable bonds is 6. The van der Waals surface area contributed by atoms with Crippen LogP contribution in [0.2, 0.25) is 0 Å². The summed E-state index contributed by atoms with van der Waals surface area (Å²) >= 11 is 0. The van der Waals surface area contributed by atoms with Crippen LogP contribution in [-0.2, 0) is 19.2 Å². The summed E-state index contributed by atoms with van der Waals surface area (Å²) in [5, 5.41) is 16.2. The minimum absolute atomic E-state index is 0.310. The Labute approximate surface area is 102 Å². The molecule has 2 amide bonds. The number of carboxylic acid groups (broad SMARTS) is 2. The average Bonchev–Trinajstić information content (AvgIpc) is 2.16. The van der Waals surface area contributed by atoms with Crippen LogP contribution < -0.4 is 22.9 Å². The van der Waals surface area contributed by atoms with Crippen molar-refractivity contribution in [3.05, 3.63) is 0 Å². The van der Waals surface area contributed by atoms with Crippen molar-refractivity contribution < 1.29 is 29.4 Å². The highest BCUT2D eigenvalue weighted by Crippen LogP contribution is 1.85. The zero-order chi connectivity index (χ0) is 14.9. The summed E-state index contributed by atoms with van der Waals surface area (Å²) in [6.07, 6.45) is -0.620. The number of nitrogens with two attached hydrogens (primary N) is 4. The predicted octanol–water partition coefficient (Wildman–Crippen LogP) is -3.45. The Hall–Kier alpha value is -2.20. The SMILES string of the molecule is NC(=O)CC(N)C(=O)O.NC(=O)C[C@@H](N)C(=O)O. The monoisotopic (exact) mass is 264 g/mol. The lowest BCUT2D eigenvalue weighted by atomic mass is 10.2. The van der Waals surface area contributed by atoms with Gasteiger partial charge in [0.15, 0.2) is 0 Å². The smallest absolute Gasteiger partial charge is 0.321 e. The van der Waals surface area contributed by atoms with Gasteiger partial charge in [-0.2, -0.15) is 0 Å². The Bertz CT molecular complexity index is 300. The van der Waals surface area contributed by atoms with E-state index in [0.717, 1.165) is 0 Å². The second kappa shape index (κ2) is 8.90. The van der Waals surface area contributed by atoms with E-state index < -0.39 is 35.8 Å². The molecule has 0 aromatic heterocycles. The molecule has 10 heteroatoms. The van der Waals surface area contributed by atoms with Gasteiger partial charge in [-0.1, -0.05) is 0 Å².